The largest absolute Gasteiger partial charge is 0.495 e. The standard InChI is InChI=1S/C14H18ClN3O/c1-8-13(9(2)18(3)17-8)14(16)10-5-6-11(15)12(7-10)19-4/h5-7,14H,16H2,1-4H3. The van der Waals surface area contributed by atoms with Gasteiger partial charge >= 0.3 is 0 Å². The normalized spacial score (nSPS) is 12.5. The van der Waals surface area contributed by atoms with Crippen LogP contribution in [0.4, 0.5) is 0 Å². The highest BCUT2D eigenvalue weighted by Gasteiger charge is 2.19. The molecule has 0 spiro atoms. The topological polar surface area (TPSA) is 53.1 Å². The quantitative estimate of drug-likeness (QED) is 0.940. The Labute approximate surface area is 118 Å². The van der Waals surface area contributed by atoms with Gasteiger partial charge in [-0.2, -0.15) is 5.10 Å². The average molecular weight is 280 g/mol. The molecular weight excluding hydrogens is 262 g/mol. The summed E-state index contributed by atoms with van der Waals surface area (Å²) in [5.41, 5.74) is 10.4. The fourth-order valence-electron chi connectivity index (χ4n) is 2.28. The highest BCUT2D eigenvalue weighted by atomic mass is 35.5. The van der Waals surface area contributed by atoms with Crippen LogP contribution in [-0.4, -0.2) is 16.9 Å². The van der Waals surface area contributed by atoms with Gasteiger partial charge in [0.05, 0.1) is 23.9 Å². The van der Waals surface area contributed by atoms with Crippen LogP contribution < -0.4 is 10.5 Å². The molecule has 1 aromatic heterocycles. The van der Waals surface area contributed by atoms with Crippen LogP contribution in [0.2, 0.25) is 5.02 Å². The summed E-state index contributed by atoms with van der Waals surface area (Å²) in [6.45, 7) is 3.98. The molecule has 0 radical (unpaired) electrons. The minimum Gasteiger partial charge on any atom is -0.495 e. The molecule has 102 valence electrons. The molecule has 19 heavy (non-hydrogen) atoms. The molecule has 0 aliphatic heterocycles. The lowest BCUT2D eigenvalue weighted by Gasteiger charge is -2.14. The first-order chi connectivity index (χ1) is 8.95. The summed E-state index contributed by atoms with van der Waals surface area (Å²) < 4.78 is 7.07. The molecule has 1 unspecified atom stereocenters. The molecule has 0 fully saturated rings. The molecule has 2 N–H and O–H groups in total. The molecule has 1 aromatic carbocycles. The second kappa shape index (κ2) is 5.23. The Kier molecular flexibility index (Phi) is 3.83. The Morgan fingerprint density at radius 2 is 2.05 bits per heavy atom. The second-order valence-electron chi connectivity index (χ2n) is 4.58. The van der Waals surface area contributed by atoms with Gasteiger partial charge in [-0.1, -0.05) is 17.7 Å². The van der Waals surface area contributed by atoms with Crippen molar-refractivity contribution in [2.24, 2.45) is 12.8 Å². The van der Waals surface area contributed by atoms with Crippen LogP contribution in [0.15, 0.2) is 18.2 Å². The third-order valence-electron chi connectivity index (χ3n) is 3.41. The predicted molar refractivity (Wildman–Crippen MR) is 76.7 cm³/mol. The molecule has 0 amide bonds. The van der Waals surface area contributed by atoms with Crippen LogP contribution in [0.5, 0.6) is 5.75 Å². The van der Waals surface area contributed by atoms with Gasteiger partial charge < -0.3 is 10.5 Å². The molecule has 0 aliphatic carbocycles. The zero-order valence-corrected chi connectivity index (χ0v) is 12.3. The summed E-state index contributed by atoms with van der Waals surface area (Å²) in [6.07, 6.45) is 0. The van der Waals surface area contributed by atoms with Gasteiger partial charge in [0.25, 0.3) is 0 Å². The monoisotopic (exact) mass is 279 g/mol. The summed E-state index contributed by atoms with van der Waals surface area (Å²) in [7, 11) is 3.51. The summed E-state index contributed by atoms with van der Waals surface area (Å²) in [5.74, 6) is 0.633. The third kappa shape index (κ3) is 2.46. The summed E-state index contributed by atoms with van der Waals surface area (Å²) in [6, 6.07) is 5.36. The van der Waals surface area contributed by atoms with Crippen molar-refractivity contribution in [2.75, 3.05) is 7.11 Å². The molecule has 0 saturated carbocycles. The highest BCUT2D eigenvalue weighted by molar-refractivity contribution is 6.32. The van der Waals surface area contributed by atoms with Crippen molar-refractivity contribution in [1.29, 1.82) is 0 Å². The fraction of sp³-hybridized carbons (Fsp3) is 0.357. The van der Waals surface area contributed by atoms with Gasteiger partial charge in [0, 0.05) is 18.3 Å². The number of aromatic nitrogens is 2. The minimum absolute atomic E-state index is 0.236. The molecule has 2 aromatic rings. The van der Waals surface area contributed by atoms with Crippen LogP contribution >= 0.6 is 11.6 Å². The SMILES string of the molecule is COc1cc(C(N)c2c(C)nn(C)c2C)ccc1Cl. The number of aryl methyl sites for hydroxylation is 2. The number of nitrogens with zero attached hydrogens (tertiary/aromatic N) is 2. The smallest absolute Gasteiger partial charge is 0.137 e. The molecule has 5 heteroatoms. The molecular formula is C14H18ClN3O. The summed E-state index contributed by atoms with van der Waals surface area (Å²) in [5, 5.41) is 4.98. The van der Waals surface area contributed by atoms with E-state index in [-0.39, 0.29) is 6.04 Å². The maximum absolute atomic E-state index is 6.35. The number of halogens is 1. The summed E-state index contributed by atoms with van der Waals surface area (Å²) in [4.78, 5) is 0. The van der Waals surface area contributed by atoms with Gasteiger partial charge in [-0.3, -0.25) is 4.68 Å². The number of hydrogen-bond acceptors (Lipinski definition) is 3. The van der Waals surface area contributed by atoms with Gasteiger partial charge in [0.15, 0.2) is 0 Å². The minimum atomic E-state index is -0.236. The molecule has 2 rings (SSSR count). The van der Waals surface area contributed by atoms with E-state index in [0.717, 1.165) is 22.5 Å². The van der Waals surface area contributed by atoms with E-state index >= 15 is 0 Å². The number of hydrogen-bond donors (Lipinski definition) is 1. The average Bonchev–Trinajstić information content (AvgIpc) is 2.63. The Morgan fingerprint density at radius 3 is 2.58 bits per heavy atom. The first-order valence-electron chi connectivity index (χ1n) is 6.04. The maximum Gasteiger partial charge on any atom is 0.137 e. The Bertz CT molecular complexity index is 607. The van der Waals surface area contributed by atoms with Crippen molar-refractivity contribution in [2.45, 2.75) is 19.9 Å². The zero-order valence-electron chi connectivity index (χ0n) is 11.6. The number of methoxy groups -OCH3 is 1. The van der Waals surface area contributed by atoms with E-state index in [1.165, 1.54) is 0 Å². The van der Waals surface area contributed by atoms with Gasteiger partial charge in [0.2, 0.25) is 0 Å². The second-order valence-corrected chi connectivity index (χ2v) is 4.99. The van der Waals surface area contributed by atoms with E-state index < -0.39 is 0 Å². The van der Waals surface area contributed by atoms with Crippen LogP contribution in [-0.2, 0) is 7.05 Å². The zero-order chi connectivity index (χ0) is 14.2. The maximum atomic E-state index is 6.35. The molecule has 0 saturated heterocycles. The number of ether oxygens (including phenoxy) is 1. The van der Waals surface area contributed by atoms with Gasteiger partial charge in [-0.25, -0.2) is 0 Å². The lowest BCUT2D eigenvalue weighted by atomic mass is 9.98. The van der Waals surface area contributed by atoms with E-state index in [1.54, 1.807) is 13.2 Å². The van der Waals surface area contributed by atoms with Crippen LogP contribution in [0.1, 0.15) is 28.6 Å². The first-order valence-corrected chi connectivity index (χ1v) is 6.42. The van der Waals surface area contributed by atoms with Gasteiger partial charge in [-0.15, -0.1) is 0 Å². The number of benzene rings is 1. The van der Waals surface area contributed by atoms with Gasteiger partial charge in [0.1, 0.15) is 5.75 Å². The Morgan fingerprint density at radius 1 is 1.37 bits per heavy atom. The molecule has 1 atom stereocenters. The van der Waals surface area contributed by atoms with Crippen molar-refractivity contribution >= 4 is 11.6 Å². The van der Waals surface area contributed by atoms with Gasteiger partial charge in [-0.05, 0) is 31.5 Å². The molecule has 4 nitrogen and oxygen atoms in total. The summed E-state index contributed by atoms with van der Waals surface area (Å²) >= 11 is 6.03. The highest BCUT2D eigenvalue weighted by Crippen LogP contribution is 2.31. The van der Waals surface area contributed by atoms with Crippen molar-refractivity contribution in [3.05, 3.63) is 45.7 Å². The predicted octanol–water partition coefficient (Wildman–Crippen LogP) is 2.75. The number of rotatable bonds is 3. The van der Waals surface area contributed by atoms with E-state index in [1.807, 2.05) is 37.7 Å². The lowest BCUT2D eigenvalue weighted by Crippen LogP contribution is -2.14. The van der Waals surface area contributed by atoms with Crippen molar-refractivity contribution < 1.29 is 4.74 Å². The van der Waals surface area contributed by atoms with Crippen molar-refractivity contribution in [3.63, 3.8) is 0 Å². The van der Waals surface area contributed by atoms with Crippen molar-refractivity contribution in [1.82, 2.24) is 9.78 Å². The molecule has 0 aliphatic rings. The van der Waals surface area contributed by atoms with E-state index in [2.05, 4.69) is 5.10 Å². The third-order valence-corrected chi connectivity index (χ3v) is 3.72. The molecule has 1 heterocycles. The molecule has 0 bridgehead atoms. The van der Waals surface area contributed by atoms with E-state index in [4.69, 9.17) is 22.1 Å². The Balaban J connectivity index is 2.46. The van der Waals surface area contributed by atoms with Crippen LogP contribution in [0.25, 0.3) is 0 Å². The van der Waals surface area contributed by atoms with E-state index in [9.17, 15) is 0 Å². The Hall–Kier alpha value is -1.52. The van der Waals surface area contributed by atoms with Crippen LogP contribution in [0, 0.1) is 13.8 Å². The fourth-order valence-corrected chi connectivity index (χ4v) is 2.47. The number of nitrogens with two attached hydrogens (primary N) is 1. The van der Waals surface area contributed by atoms with Crippen molar-refractivity contribution in [3.8, 4) is 5.75 Å². The van der Waals surface area contributed by atoms with E-state index in [0.29, 0.717) is 10.8 Å². The first kappa shape index (κ1) is 13.9. The lowest BCUT2D eigenvalue weighted by molar-refractivity contribution is 0.414. The van der Waals surface area contributed by atoms with Crippen LogP contribution in [0.3, 0.4) is 0 Å².